The summed E-state index contributed by atoms with van der Waals surface area (Å²) in [7, 11) is 0. The van der Waals surface area contributed by atoms with Crippen LogP contribution in [0, 0.1) is 4.91 Å². The van der Waals surface area contributed by atoms with E-state index in [1.54, 1.807) is 6.07 Å². The zero-order valence-corrected chi connectivity index (χ0v) is 10.1. The van der Waals surface area contributed by atoms with Crippen LogP contribution in [0.15, 0.2) is 58.2 Å². The zero-order chi connectivity index (χ0) is 11.4. The van der Waals surface area contributed by atoms with Crippen molar-refractivity contribution in [1.82, 2.24) is 0 Å². The van der Waals surface area contributed by atoms with Crippen LogP contribution in [0.1, 0.15) is 11.1 Å². The Balaban J connectivity index is 2.20. The molecule has 0 radical (unpaired) electrons. The van der Waals surface area contributed by atoms with Crippen molar-refractivity contribution >= 4 is 21.6 Å². The van der Waals surface area contributed by atoms with Gasteiger partial charge in [-0.2, -0.15) is 0 Å². The van der Waals surface area contributed by atoms with Gasteiger partial charge in [-0.05, 0) is 47.0 Å². The molecule has 0 spiro atoms. The number of hydrogen-bond donors (Lipinski definition) is 0. The lowest BCUT2D eigenvalue weighted by Crippen LogP contribution is -1.86. The Labute approximate surface area is 102 Å². The molecule has 2 aromatic rings. The highest BCUT2D eigenvalue weighted by Gasteiger charge is 1.98. The van der Waals surface area contributed by atoms with E-state index in [2.05, 4.69) is 33.2 Å². The van der Waals surface area contributed by atoms with Crippen molar-refractivity contribution in [2.45, 2.75) is 6.42 Å². The Kier molecular flexibility index (Phi) is 3.47. The molecule has 0 fully saturated rings. The average Bonchev–Trinajstić information content (AvgIpc) is 2.32. The number of hydrogen-bond acceptors (Lipinski definition) is 2. The molecule has 0 unspecified atom stereocenters. The average molecular weight is 276 g/mol. The number of rotatable bonds is 3. The number of nitroso groups, excluding NO2 is 1. The third-order valence-corrected chi connectivity index (χ3v) is 2.87. The van der Waals surface area contributed by atoms with Crippen molar-refractivity contribution in [2.75, 3.05) is 0 Å². The smallest absolute Gasteiger partial charge is 0.108 e. The molecule has 3 heteroatoms. The summed E-state index contributed by atoms with van der Waals surface area (Å²) >= 11 is 3.40. The maximum absolute atomic E-state index is 10.4. The van der Waals surface area contributed by atoms with Gasteiger partial charge in [-0.15, -0.1) is 4.91 Å². The normalized spacial score (nSPS) is 10.1. The molecule has 0 saturated carbocycles. The van der Waals surface area contributed by atoms with Crippen molar-refractivity contribution < 1.29 is 0 Å². The predicted octanol–water partition coefficient (Wildman–Crippen LogP) is 4.44. The highest BCUT2D eigenvalue weighted by molar-refractivity contribution is 9.10. The third-order valence-electron chi connectivity index (χ3n) is 2.34. The Morgan fingerprint density at radius 1 is 1.00 bits per heavy atom. The molecule has 80 valence electrons. The topological polar surface area (TPSA) is 29.4 Å². The van der Waals surface area contributed by atoms with E-state index < -0.39 is 0 Å². The first-order valence-electron chi connectivity index (χ1n) is 4.95. The van der Waals surface area contributed by atoms with Crippen LogP contribution in [0.2, 0.25) is 0 Å². The van der Waals surface area contributed by atoms with E-state index in [1.807, 2.05) is 30.3 Å². The molecular formula is C13H10BrNO. The first kappa shape index (κ1) is 11.0. The van der Waals surface area contributed by atoms with Gasteiger partial charge >= 0.3 is 0 Å². The van der Waals surface area contributed by atoms with Crippen molar-refractivity contribution in [3.63, 3.8) is 0 Å². The standard InChI is InChI=1S/C13H10BrNO/c14-12-6-4-10(5-7-12)8-11-2-1-3-13(9-11)15-16/h1-7,9H,8H2. The summed E-state index contributed by atoms with van der Waals surface area (Å²) in [5.41, 5.74) is 2.79. The van der Waals surface area contributed by atoms with Crippen LogP contribution >= 0.6 is 15.9 Å². The summed E-state index contributed by atoms with van der Waals surface area (Å²) in [5.74, 6) is 0. The second-order valence-electron chi connectivity index (χ2n) is 3.56. The van der Waals surface area contributed by atoms with Crippen molar-refractivity contribution in [3.8, 4) is 0 Å². The Morgan fingerprint density at radius 3 is 2.44 bits per heavy atom. The summed E-state index contributed by atoms with van der Waals surface area (Å²) in [5, 5.41) is 2.93. The molecule has 0 atom stereocenters. The van der Waals surface area contributed by atoms with Crippen LogP contribution in [-0.4, -0.2) is 0 Å². The van der Waals surface area contributed by atoms with Gasteiger partial charge in [-0.3, -0.25) is 0 Å². The Morgan fingerprint density at radius 2 is 1.75 bits per heavy atom. The van der Waals surface area contributed by atoms with Gasteiger partial charge < -0.3 is 0 Å². The molecule has 2 rings (SSSR count). The van der Waals surface area contributed by atoms with E-state index in [9.17, 15) is 4.91 Å². The van der Waals surface area contributed by atoms with Crippen LogP contribution in [0.3, 0.4) is 0 Å². The third kappa shape index (κ3) is 2.76. The summed E-state index contributed by atoms with van der Waals surface area (Å²) in [6.07, 6.45) is 0.816. The van der Waals surface area contributed by atoms with Gasteiger partial charge in [0.25, 0.3) is 0 Å². The first-order valence-corrected chi connectivity index (χ1v) is 5.74. The molecule has 16 heavy (non-hydrogen) atoms. The fourth-order valence-corrected chi connectivity index (χ4v) is 1.83. The lowest BCUT2D eigenvalue weighted by atomic mass is 10.0. The number of nitrogens with zero attached hydrogens (tertiary/aromatic N) is 1. The highest BCUT2D eigenvalue weighted by atomic mass is 79.9. The maximum atomic E-state index is 10.4. The quantitative estimate of drug-likeness (QED) is 0.762. The summed E-state index contributed by atoms with van der Waals surface area (Å²) in [4.78, 5) is 10.4. The zero-order valence-electron chi connectivity index (χ0n) is 8.56. The van der Waals surface area contributed by atoms with Gasteiger partial charge in [-0.25, -0.2) is 0 Å². The SMILES string of the molecule is O=Nc1cccc(Cc2ccc(Br)cc2)c1. The van der Waals surface area contributed by atoms with Crippen LogP contribution in [0.4, 0.5) is 5.69 Å². The minimum Gasteiger partial charge on any atom is -0.145 e. The molecule has 0 amide bonds. The first-order chi connectivity index (χ1) is 7.78. The Hall–Kier alpha value is -1.48. The molecular weight excluding hydrogens is 266 g/mol. The van der Waals surface area contributed by atoms with Crippen LogP contribution in [0.5, 0.6) is 0 Å². The number of halogens is 1. The molecule has 2 nitrogen and oxygen atoms in total. The van der Waals surface area contributed by atoms with Crippen LogP contribution < -0.4 is 0 Å². The largest absolute Gasteiger partial charge is 0.145 e. The van der Waals surface area contributed by atoms with Gasteiger partial charge in [0.05, 0.1) is 0 Å². The molecule has 0 aromatic heterocycles. The second kappa shape index (κ2) is 5.03. The minimum atomic E-state index is 0.481. The lowest BCUT2D eigenvalue weighted by Gasteiger charge is -2.02. The fourth-order valence-electron chi connectivity index (χ4n) is 1.56. The molecule has 0 N–H and O–H groups in total. The van der Waals surface area contributed by atoms with Gasteiger partial charge in [0, 0.05) is 4.47 Å². The van der Waals surface area contributed by atoms with Gasteiger partial charge in [0.1, 0.15) is 5.69 Å². The van der Waals surface area contributed by atoms with E-state index >= 15 is 0 Å². The van der Waals surface area contributed by atoms with E-state index in [0.29, 0.717) is 5.69 Å². The van der Waals surface area contributed by atoms with Gasteiger partial charge in [-0.1, -0.05) is 40.2 Å². The molecule has 0 bridgehead atoms. The molecule has 0 aliphatic carbocycles. The summed E-state index contributed by atoms with van der Waals surface area (Å²) in [6, 6.07) is 15.5. The summed E-state index contributed by atoms with van der Waals surface area (Å²) in [6.45, 7) is 0. The highest BCUT2D eigenvalue weighted by Crippen LogP contribution is 2.18. The van der Waals surface area contributed by atoms with E-state index in [1.165, 1.54) is 5.56 Å². The van der Waals surface area contributed by atoms with Crippen LogP contribution in [0.25, 0.3) is 0 Å². The van der Waals surface area contributed by atoms with Crippen LogP contribution in [-0.2, 0) is 6.42 Å². The van der Waals surface area contributed by atoms with Gasteiger partial charge in [0.15, 0.2) is 0 Å². The lowest BCUT2D eigenvalue weighted by molar-refractivity contribution is 1.19. The van der Waals surface area contributed by atoms with E-state index in [4.69, 9.17) is 0 Å². The van der Waals surface area contributed by atoms with Crippen molar-refractivity contribution in [1.29, 1.82) is 0 Å². The molecule has 0 aliphatic heterocycles. The van der Waals surface area contributed by atoms with E-state index in [0.717, 1.165) is 16.5 Å². The monoisotopic (exact) mass is 275 g/mol. The molecule has 2 aromatic carbocycles. The maximum Gasteiger partial charge on any atom is 0.108 e. The fraction of sp³-hybridized carbons (Fsp3) is 0.0769. The molecule has 0 saturated heterocycles. The Bertz CT molecular complexity index is 494. The predicted molar refractivity (Wildman–Crippen MR) is 68.8 cm³/mol. The van der Waals surface area contributed by atoms with Crippen molar-refractivity contribution in [2.24, 2.45) is 5.18 Å². The summed E-state index contributed by atoms with van der Waals surface area (Å²) < 4.78 is 1.07. The molecule has 0 aliphatic rings. The minimum absolute atomic E-state index is 0.481. The molecule has 0 heterocycles. The number of benzene rings is 2. The second-order valence-corrected chi connectivity index (χ2v) is 4.48. The van der Waals surface area contributed by atoms with Gasteiger partial charge in [0.2, 0.25) is 0 Å². The van der Waals surface area contributed by atoms with E-state index in [-0.39, 0.29) is 0 Å². The van der Waals surface area contributed by atoms with Crippen molar-refractivity contribution in [3.05, 3.63) is 69.0 Å².